The van der Waals surface area contributed by atoms with E-state index in [1.54, 1.807) is 9.36 Å². The van der Waals surface area contributed by atoms with Gasteiger partial charge in [0.1, 0.15) is 17.3 Å². The Hall–Kier alpha value is -1.85. The van der Waals surface area contributed by atoms with Gasteiger partial charge in [0.15, 0.2) is 5.82 Å². The number of nitrogens with zero attached hydrogens (tertiary/aromatic N) is 5. The molecule has 2 rings (SSSR count). The fourth-order valence-electron chi connectivity index (χ4n) is 1.82. The molecule has 0 aliphatic heterocycles. The molecule has 0 aliphatic rings. The SMILES string of the molecule is CCc1nn(C)c(-n2nc(C)nc2C)c1N. The topological polar surface area (TPSA) is 74.5 Å². The highest BCUT2D eigenvalue weighted by Crippen LogP contribution is 2.21. The Labute approximate surface area is 94.1 Å². The van der Waals surface area contributed by atoms with Crippen molar-refractivity contribution in [3.8, 4) is 5.82 Å². The molecule has 0 saturated carbocycles. The maximum absolute atomic E-state index is 6.05. The van der Waals surface area contributed by atoms with Crippen molar-refractivity contribution >= 4 is 5.69 Å². The van der Waals surface area contributed by atoms with Gasteiger partial charge in [0.25, 0.3) is 0 Å². The summed E-state index contributed by atoms with van der Waals surface area (Å²) in [6, 6.07) is 0. The van der Waals surface area contributed by atoms with Gasteiger partial charge in [-0.1, -0.05) is 6.92 Å². The summed E-state index contributed by atoms with van der Waals surface area (Å²) in [6.07, 6.45) is 0.812. The molecule has 86 valence electrons. The number of aromatic nitrogens is 5. The van der Waals surface area contributed by atoms with E-state index < -0.39 is 0 Å². The minimum Gasteiger partial charge on any atom is -0.394 e. The normalized spacial score (nSPS) is 11.0. The third-order valence-corrected chi connectivity index (χ3v) is 2.54. The Bertz CT molecular complexity index is 522. The van der Waals surface area contributed by atoms with Crippen LogP contribution in [0.25, 0.3) is 5.82 Å². The number of rotatable bonds is 2. The van der Waals surface area contributed by atoms with Gasteiger partial charge < -0.3 is 5.73 Å². The first-order valence-electron chi connectivity index (χ1n) is 5.26. The highest BCUT2D eigenvalue weighted by Gasteiger charge is 2.16. The smallest absolute Gasteiger partial charge is 0.177 e. The first kappa shape index (κ1) is 10.7. The van der Waals surface area contributed by atoms with Crippen LogP contribution in [0.2, 0.25) is 0 Å². The zero-order chi connectivity index (χ0) is 11.9. The maximum atomic E-state index is 6.05. The highest BCUT2D eigenvalue weighted by atomic mass is 15.4. The van der Waals surface area contributed by atoms with Gasteiger partial charge in [-0.3, -0.25) is 0 Å². The second-order valence-electron chi connectivity index (χ2n) is 3.78. The molecule has 0 atom stereocenters. The average molecular weight is 220 g/mol. The molecule has 2 aromatic rings. The Morgan fingerprint density at radius 1 is 1.25 bits per heavy atom. The average Bonchev–Trinajstić information content (AvgIpc) is 2.67. The molecule has 0 unspecified atom stereocenters. The van der Waals surface area contributed by atoms with E-state index >= 15 is 0 Å². The molecule has 0 bridgehead atoms. The molecule has 0 fully saturated rings. The van der Waals surface area contributed by atoms with Crippen LogP contribution >= 0.6 is 0 Å². The Morgan fingerprint density at radius 2 is 1.94 bits per heavy atom. The number of hydrogen-bond donors (Lipinski definition) is 1. The van der Waals surface area contributed by atoms with E-state index in [0.717, 1.165) is 29.6 Å². The minimum absolute atomic E-state index is 0.679. The number of aryl methyl sites for hydroxylation is 4. The summed E-state index contributed by atoms with van der Waals surface area (Å²) in [5.74, 6) is 2.33. The summed E-state index contributed by atoms with van der Waals surface area (Å²) in [7, 11) is 1.86. The van der Waals surface area contributed by atoms with Crippen LogP contribution in [-0.4, -0.2) is 24.5 Å². The van der Waals surface area contributed by atoms with Crippen LogP contribution < -0.4 is 5.73 Å². The van der Waals surface area contributed by atoms with Crippen LogP contribution in [0.5, 0.6) is 0 Å². The molecular weight excluding hydrogens is 204 g/mol. The third-order valence-electron chi connectivity index (χ3n) is 2.54. The molecule has 16 heavy (non-hydrogen) atoms. The Balaban J connectivity index is 2.64. The molecule has 2 aromatic heterocycles. The van der Waals surface area contributed by atoms with Crippen molar-refractivity contribution < 1.29 is 0 Å². The van der Waals surface area contributed by atoms with Gasteiger partial charge in [0.2, 0.25) is 0 Å². The van der Waals surface area contributed by atoms with Crippen molar-refractivity contribution in [2.24, 2.45) is 7.05 Å². The summed E-state index contributed by atoms with van der Waals surface area (Å²) in [6.45, 7) is 5.79. The molecule has 0 aromatic carbocycles. The van der Waals surface area contributed by atoms with Crippen molar-refractivity contribution in [3.05, 3.63) is 17.3 Å². The van der Waals surface area contributed by atoms with Crippen LogP contribution in [0.4, 0.5) is 5.69 Å². The third kappa shape index (κ3) is 1.46. The fourth-order valence-corrected chi connectivity index (χ4v) is 1.82. The predicted molar refractivity (Wildman–Crippen MR) is 61.4 cm³/mol. The number of nitrogens with two attached hydrogens (primary N) is 1. The van der Waals surface area contributed by atoms with Gasteiger partial charge in [0.05, 0.1) is 5.69 Å². The van der Waals surface area contributed by atoms with E-state index in [0.29, 0.717) is 5.69 Å². The van der Waals surface area contributed by atoms with Crippen LogP contribution in [-0.2, 0) is 13.5 Å². The first-order valence-corrected chi connectivity index (χ1v) is 5.26. The Morgan fingerprint density at radius 3 is 2.38 bits per heavy atom. The van der Waals surface area contributed by atoms with E-state index in [2.05, 4.69) is 15.2 Å². The van der Waals surface area contributed by atoms with Gasteiger partial charge in [0, 0.05) is 7.05 Å². The molecule has 0 radical (unpaired) electrons. The molecule has 0 spiro atoms. The van der Waals surface area contributed by atoms with Crippen molar-refractivity contribution in [3.63, 3.8) is 0 Å². The number of hydrogen-bond acceptors (Lipinski definition) is 4. The van der Waals surface area contributed by atoms with E-state index in [4.69, 9.17) is 5.73 Å². The molecule has 2 heterocycles. The Kier molecular flexibility index (Phi) is 2.41. The largest absolute Gasteiger partial charge is 0.394 e. The molecule has 0 saturated heterocycles. The standard InChI is InChI=1S/C10H16N6/c1-5-8-9(11)10(15(4)14-8)16-7(3)12-6(2)13-16/h5,11H2,1-4H3. The zero-order valence-corrected chi connectivity index (χ0v) is 10.0. The molecule has 6 heteroatoms. The van der Waals surface area contributed by atoms with Crippen LogP contribution in [0.15, 0.2) is 0 Å². The van der Waals surface area contributed by atoms with Gasteiger partial charge in [-0.2, -0.15) is 9.78 Å². The summed E-state index contributed by atoms with van der Waals surface area (Å²) in [4.78, 5) is 4.26. The molecule has 0 amide bonds. The summed E-state index contributed by atoms with van der Waals surface area (Å²) < 4.78 is 3.48. The van der Waals surface area contributed by atoms with Crippen molar-refractivity contribution in [2.45, 2.75) is 27.2 Å². The van der Waals surface area contributed by atoms with E-state index in [1.807, 2.05) is 27.8 Å². The van der Waals surface area contributed by atoms with Crippen molar-refractivity contribution in [2.75, 3.05) is 5.73 Å². The summed E-state index contributed by atoms with van der Waals surface area (Å²) in [5, 5.41) is 8.67. The van der Waals surface area contributed by atoms with Crippen molar-refractivity contribution in [1.29, 1.82) is 0 Å². The number of anilines is 1. The van der Waals surface area contributed by atoms with E-state index in [9.17, 15) is 0 Å². The lowest BCUT2D eigenvalue weighted by atomic mass is 10.3. The van der Waals surface area contributed by atoms with Gasteiger partial charge >= 0.3 is 0 Å². The van der Waals surface area contributed by atoms with Crippen LogP contribution in [0.1, 0.15) is 24.3 Å². The molecule has 0 aliphatic carbocycles. The molecule has 2 N–H and O–H groups in total. The van der Waals surface area contributed by atoms with Crippen molar-refractivity contribution in [1.82, 2.24) is 24.5 Å². The lowest BCUT2D eigenvalue weighted by Crippen LogP contribution is -2.08. The molecule has 6 nitrogen and oxygen atoms in total. The second-order valence-corrected chi connectivity index (χ2v) is 3.78. The maximum Gasteiger partial charge on any atom is 0.177 e. The van der Waals surface area contributed by atoms with E-state index in [-0.39, 0.29) is 0 Å². The summed E-state index contributed by atoms with van der Waals surface area (Å²) in [5.41, 5.74) is 7.63. The lowest BCUT2D eigenvalue weighted by molar-refractivity contribution is 0.678. The van der Waals surface area contributed by atoms with Gasteiger partial charge in [-0.15, -0.1) is 5.10 Å². The lowest BCUT2D eigenvalue weighted by Gasteiger charge is -2.04. The highest BCUT2D eigenvalue weighted by molar-refractivity contribution is 5.57. The summed E-state index contributed by atoms with van der Waals surface area (Å²) >= 11 is 0. The quantitative estimate of drug-likeness (QED) is 0.810. The molecular formula is C10H16N6. The first-order chi connectivity index (χ1) is 7.54. The predicted octanol–water partition coefficient (Wildman–Crippen LogP) is 0.762. The second kappa shape index (κ2) is 3.62. The fraction of sp³-hybridized carbons (Fsp3) is 0.500. The number of nitrogen functional groups attached to an aromatic ring is 1. The van der Waals surface area contributed by atoms with Gasteiger partial charge in [-0.05, 0) is 20.3 Å². The van der Waals surface area contributed by atoms with Gasteiger partial charge in [-0.25, -0.2) is 9.67 Å². The van der Waals surface area contributed by atoms with Crippen LogP contribution in [0, 0.1) is 13.8 Å². The zero-order valence-electron chi connectivity index (χ0n) is 10.0. The van der Waals surface area contributed by atoms with Crippen LogP contribution in [0.3, 0.4) is 0 Å². The van der Waals surface area contributed by atoms with E-state index in [1.165, 1.54) is 0 Å². The monoisotopic (exact) mass is 220 g/mol. The minimum atomic E-state index is 0.679.